The summed E-state index contributed by atoms with van der Waals surface area (Å²) in [6.07, 6.45) is 0. The van der Waals surface area contributed by atoms with Crippen LogP contribution in [0.2, 0.25) is 5.15 Å². The monoisotopic (exact) mass is 275 g/mol. The summed E-state index contributed by atoms with van der Waals surface area (Å²) in [4.78, 5) is 6.94. The zero-order chi connectivity index (χ0) is 13.2. The third-order valence-electron chi connectivity index (χ3n) is 3.76. The number of aromatic nitrogens is 1. The Morgan fingerprint density at radius 3 is 3.11 bits per heavy atom. The van der Waals surface area contributed by atoms with Crippen LogP contribution in [0.3, 0.4) is 0 Å². The first-order valence-electron chi connectivity index (χ1n) is 6.73. The summed E-state index contributed by atoms with van der Waals surface area (Å²) in [5, 5.41) is 5.19. The molecule has 1 N–H and O–H groups in total. The predicted octanol–water partition coefficient (Wildman–Crippen LogP) is 2.68. The molecule has 1 aromatic heterocycles. The molecule has 1 unspecified atom stereocenters. The Morgan fingerprint density at radius 1 is 1.42 bits per heavy atom. The van der Waals surface area contributed by atoms with Crippen molar-refractivity contribution in [1.29, 1.82) is 0 Å². The van der Waals surface area contributed by atoms with Gasteiger partial charge >= 0.3 is 0 Å². The first kappa shape index (κ1) is 12.9. The van der Waals surface area contributed by atoms with Crippen molar-refractivity contribution >= 4 is 22.5 Å². The first-order chi connectivity index (χ1) is 9.24. The van der Waals surface area contributed by atoms with Crippen molar-refractivity contribution in [3.8, 4) is 0 Å². The maximum Gasteiger partial charge on any atom is 0.134 e. The molecular weight excluding hydrogens is 258 g/mol. The summed E-state index contributed by atoms with van der Waals surface area (Å²) in [6.45, 7) is 6.26. The fraction of sp³-hybridized carbons (Fsp3) is 0.400. The molecule has 1 aliphatic heterocycles. The van der Waals surface area contributed by atoms with E-state index in [9.17, 15) is 0 Å². The van der Waals surface area contributed by atoms with Gasteiger partial charge in [-0.2, -0.15) is 0 Å². The highest BCUT2D eigenvalue weighted by Gasteiger charge is 2.19. The second kappa shape index (κ2) is 5.45. The normalized spacial score (nSPS) is 20.8. The molecule has 3 rings (SSSR count). The maximum atomic E-state index is 6.32. The van der Waals surface area contributed by atoms with Crippen molar-refractivity contribution in [3.63, 3.8) is 0 Å². The molecule has 1 saturated heterocycles. The van der Waals surface area contributed by atoms with Crippen molar-refractivity contribution in [1.82, 2.24) is 15.2 Å². The van der Waals surface area contributed by atoms with Crippen LogP contribution in [-0.2, 0) is 6.54 Å². The van der Waals surface area contributed by atoms with Gasteiger partial charge in [-0.15, -0.1) is 0 Å². The summed E-state index contributed by atoms with van der Waals surface area (Å²) in [7, 11) is 0. The SMILES string of the molecule is CC1CNCCN1Cc1cc2ccccc2nc1Cl. The van der Waals surface area contributed by atoms with E-state index in [-0.39, 0.29) is 0 Å². The van der Waals surface area contributed by atoms with E-state index < -0.39 is 0 Å². The molecule has 19 heavy (non-hydrogen) atoms. The van der Waals surface area contributed by atoms with Gasteiger partial charge in [0.25, 0.3) is 0 Å². The minimum Gasteiger partial charge on any atom is -0.314 e. The highest BCUT2D eigenvalue weighted by Crippen LogP contribution is 2.22. The van der Waals surface area contributed by atoms with Gasteiger partial charge in [-0.05, 0) is 19.1 Å². The third-order valence-corrected chi connectivity index (χ3v) is 4.09. The lowest BCUT2D eigenvalue weighted by molar-refractivity contribution is 0.165. The van der Waals surface area contributed by atoms with Gasteiger partial charge in [-0.3, -0.25) is 4.90 Å². The van der Waals surface area contributed by atoms with Crippen molar-refractivity contribution in [2.24, 2.45) is 0 Å². The van der Waals surface area contributed by atoms with Crippen LogP contribution < -0.4 is 5.32 Å². The molecular formula is C15H18ClN3. The number of piperazine rings is 1. The number of hydrogen-bond donors (Lipinski definition) is 1. The Bertz CT molecular complexity index is 585. The molecule has 0 radical (unpaired) electrons. The molecule has 0 amide bonds. The molecule has 1 aromatic carbocycles. The first-order valence-corrected chi connectivity index (χ1v) is 7.11. The van der Waals surface area contributed by atoms with Crippen LogP contribution in [0.5, 0.6) is 0 Å². The molecule has 2 aromatic rings. The van der Waals surface area contributed by atoms with Gasteiger partial charge in [0.1, 0.15) is 5.15 Å². The van der Waals surface area contributed by atoms with Crippen LogP contribution in [-0.4, -0.2) is 35.6 Å². The van der Waals surface area contributed by atoms with Crippen LogP contribution in [0.4, 0.5) is 0 Å². The quantitative estimate of drug-likeness (QED) is 0.854. The van der Waals surface area contributed by atoms with Gasteiger partial charge in [0, 0.05) is 43.2 Å². The minimum atomic E-state index is 0.538. The zero-order valence-corrected chi connectivity index (χ0v) is 11.8. The van der Waals surface area contributed by atoms with E-state index in [1.807, 2.05) is 18.2 Å². The third kappa shape index (κ3) is 2.73. The molecule has 0 bridgehead atoms. The fourth-order valence-electron chi connectivity index (χ4n) is 2.58. The Hall–Kier alpha value is -1.16. The number of halogens is 1. The molecule has 2 heterocycles. The van der Waals surface area contributed by atoms with Crippen LogP contribution >= 0.6 is 11.6 Å². The molecule has 3 nitrogen and oxygen atoms in total. The molecule has 4 heteroatoms. The number of fused-ring (bicyclic) bond motifs is 1. The maximum absolute atomic E-state index is 6.32. The average Bonchev–Trinajstić information content (AvgIpc) is 2.42. The standard InChI is InChI=1S/C15H18ClN3/c1-11-9-17-6-7-19(11)10-13-8-12-4-2-3-5-14(12)18-15(13)16/h2-5,8,11,17H,6-7,9-10H2,1H3. The Morgan fingerprint density at radius 2 is 2.26 bits per heavy atom. The summed E-state index contributed by atoms with van der Waals surface area (Å²) < 4.78 is 0. The minimum absolute atomic E-state index is 0.538. The number of benzene rings is 1. The van der Waals surface area contributed by atoms with Gasteiger partial charge < -0.3 is 5.32 Å². The van der Waals surface area contributed by atoms with Crippen LogP contribution in [0.1, 0.15) is 12.5 Å². The summed E-state index contributed by atoms with van der Waals surface area (Å²) in [6, 6.07) is 10.8. The van der Waals surface area contributed by atoms with Gasteiger partial charge in [0.2, 0.25) is 0 Å². The lowest BCUT2D eigenvalue weighted by Crippen LogP contribution is -2.49. The molecule has 1 fully saturated rings. The van der Waals surface area contributed by atoms with Crippen molar-refractivity contribution < 1.29 is 0 Å². The van der Waals surface area contributed by atoms with Gasteiger partial charge in [0.15, 0.2) is 0 Å². The van der Waals surface area contributed by atoms with Gasteiger partial charge in [-0.1, -0.05) is 29.8 Å². The Balaban J connectivity index is 1.89. The van der Waals surface area contributed by atoms with Crippen LogP contribution in [0, 0.1) is 0 Å². The number of pyridine rings is 1. The van der Waals surface area contributed by atoms with E-state index in [4.69, 9.17) is 11.6 Å². The number of para-hydroxylation sites is 1. The lowest BCUT2D eigenvalue weighted by Gasteiger charge is -2.34. The highest BCUT2D eigenvalue weighted by molar-refractivity contribution is 6.30. The van der Waals surface area contributed by atoms with Crippen molar-refractivity contribution in [2.75, 3.05) is 19.6 Å². The number of nitrogens with one attached hydrogen (secondary N) is 1. The second-order valence-electron chi connectivity index (χ2n) is 5.15. The van der Waals surface area contributed by atoms with Crippen LogP contribution in [0.25, 0.3) is 10.9 Å². The van der Waals surface area contributed by atoms with Crippen molar-refractivity contribution in [3.05, 3.63) is 41.0 Å². The summed E-state index contributed by atoms with van der Waals surface area (Å²) in [5.74, 6) is 0. The topological polar surface area (TPSA) is 28.2 Å². The molecule has 0 saturated carbocycles. The molecule has 1 atom stereocenters. The molecule has 0 spiro atoms. The largest absolute Gasteiger partial charge is 0.314 e. The zero-order valence-electron chi connectivity index (χ0n) is 11.1. The smallest absolute Gasteiger partial charge is 0.134 e. The van der Waals surface area contributed by atoms with E-state index in [1.165, 1.54) is 0 Å². The number of hydrogen-bond acceptors (Lipinski definition) is 3. The predicted molar refractivity (Wildman–Crippen MR) is 79.5 cm³/mol. The second-order valence-corrected chi connectivity index (χ2v) is 5.51. The Kier molecular flexibility index (Phi) is 3.69. The van der Waals surface area contributed by atoms with E-state index in [1.54, 1.807) is 0 Å². The lowest BCUT2D eigenvalue weighted by atomic mass is 10.1. The number of nitrogens with zero attached hydrogens (tertiary/aromatic N) is 2. The molecule has 0 aliphatic carbocycles. The average molecular weight is 276 g/mol. The van der Waals surface area contributed by atoms with E-state index in [0.717, 1.165) is 42.6 Å². The Labute approximate surface area is 118 Å². The van der Waals surface area contributed by atoms with E-state index in [2.05, 4.69) is 34.3 Å². The van der Waals surface area contributed by atoms with Crippen molar-refractivity contribution in [2.45, 2.75) is 19.5 Å². The van der Waals surface area contributed by atoms with E-state index in [0.29, 0.717) is 11.2 Å². The van der Waals surface area contributed by atoms with E-state index >= 15 is 0 Å². The highest BCUT2D eigenvalue weighted by atomic mass is 35.5. The molecule has 100 valence electrons. The number of rotatable bonds is 2. The van der Waals surface area contributed by atoms with Gasteiger partial charge in [-0.25, -0.2) is 4.98 Å². The summed E-state index contributed by atoms with van der Waals surface area (Å²) >= 11 is 6.32. The molecule has 1 aliphatic rings. The summed E-state index contributed by atoms with van der Waals surface area (Å²) in [5.41, 5.74) is 2.08. The fourth-order valence-corrected chi connectivity index (χ4v) is 2.79. The van der Waals surface area contributed by atoms with Crippen LogP contribution in [0.15, 0.2) is 30.3 Å². The van der Waals surface area contributed by atoms with Gasteiger partial charge in [0.05, 0.1) is 5.52 Å².